The summed E-state index contributed by atoms with van der Waals surface area (Å²) < 4.78 is 36.1. The Hall–Kier alpha value is -1.56. The zero-order valence-electron chi connectivity index (χ0n) is 9.79. The molecule has 0 aromatic heterocycles. The maximum Gasteiger partial charge on any atom is 0.471 e. The van der Waals surface area contributed by atoms with Crippen LogP contribution in [0.1, 0.15) is 18.1 Å². The van der Waals surface area contributed by atoms with E-state index in [0.29, 0.717) is 5.56 Å². The first kappa shape index (κ1) is 14.5. The van der Waals surface area contributed by atoms with Crippen LogP contribution in [0.15, 0.2) is 24.3 Å². The average molecular weight is 261 g/mol. The van der Waals surface area contributed by atoms with Gasteiger partial charge in [-0.1, -0.05) is 24.3 Å². The number of nitrogens with one attached hydrogen (secondary N) is 1. The number of aliphatic hydroxyl groups is 1. The number of aliphatic hydroxyl groups excluding tert-OH is 1. The molecule has 1 aromatic rings. The van der Waals surface area contributed by atoms with Crippen LogP contribution in [0.3, 0.4) is 0 Å². The van der Waals surface area contributed by atoms with Gasteiger partial charge in [-0.15, -0.1) is 0 Å². The van der Waals surface area contributed by atoms with Gasteiger partial charge in [-0.3, -0.25) is 4.79 Å². The molecule has 0 radical (unpaired) electrons. The topological polar surface area (TPSA) is 49.3 Å². The Bertz CT molecular complexity index is 418. The summed E-state index contributed by atoms with van der Waals surface area (Å²) in [4.78, 5) is 10.7. The van der Waals surface area contributed by atoms with E-state index >= 15 is 0 Å². The first-order valence-electron chi connectivity index (χ1n) is 5.39. The SMILES string of the molecule is CC(Cc1cccc(CO)c1)NC(=O)C(F)(F)F. The highest BCUT2D eigenvalue weighted by Crippen LogP contribution is 2.15. The van der Waals surface area contributed by atoms with Gasteiger partial charge in [0.1, 0.15) is 0 Å². The van der Waals surface area contributed by atoms with Gasteiger partial charge in [0.15, 0.2) is 0 Å². The van der Waals surface area contributed by atoms with Gasteiger partial charge < -0.3 is 10.4 Å². The van der Waals surface area contributed by atoms with Crippen molar-refractivity contribution in [1.29, 1.82) is 0 Å². The summed E-state index contributed by atoms with van der Waals surface area (Å²) in [6.45, 7) is 1.37. The zero-order chi connectivity index (χ0) is 13.8. The second-order valence-electron chi connectivity index (χ2n) is 4.05. The van der Waals surface area contributed by atoms with Gasteiger partial charge in [-0.05, 0) is 24.5 Å². The van der Waals surface area contributed by atoms with Crippen molar-refractivity contribution in [2.24, 2.45) is 0 Å². The monoisotopic (exact) mass is 261 g/mol. The van der Waals surface area contributed by atoms with E-state index in [4.69, 9.17) is 5.11 Å². The minimum Gasteiger partial charge on any atom is -0.392 e. The van der Waals surface area contributed by atoms with Crippen molar-refractivity contribution in [2.45, 2.75) is 32.2 Å². The van der Waals surface area contributed by atoms with Crippen LogP contribution in [0.5, 0.6) is 0 Å². The quantitative estimate of drug-likeness (QED) is 0.868. The Morgan fingerprint density at radius 1 is 1.39 bits per heavy atom. The smallest absolute Gasteiger partial charge is 0.392 e. The maximum atomic E-state index is 12.0. The number of hydrogen-bond donors (Lipinski definition) is 2. The Kier molecular flexibility index (Phi) is 4.72. The lowest BCUT2D eigenvalue weighted by atomic mass is 10.0. The van der Waals surface area contributed by atoms with Crippen molar-refractivity contribution >= 4 is 5.91 Å². The van der Waals surface area contributed by atoms with Gasteiger partial charge in [0, 0.05) is 6.04 Å². The number of hydrogen-bond acceptors (Lipinski definition) is 2. The second-order valence-corrected chi connectivity index (χ2v) is 4.05. The molecule has 18 heavy (non-hydrogen) atoms. The van der Waals surface area contributed by atoms with Crippen molar-refractivity contribution in [2.75, 3.05) is 0 Å². The van der Waals surface area contributed by atoms with E-state index in [-0.39, 0.29) is 13.0 Å². The molecule has 2 N–H and O–H groups in total. The molecule has 0 aliphatic carbocycles. The molecule has 0 heterocycles. The molecule has 0 spiro atoms. The lowest BCUT2D eigenvalue weighted by molar-refractivity contribution is -0.174. The predicted molar refractivity (Wildman–Crippen MR) is 59.7 cm³/mol. The molecule has 0 fully saturated rings. The number of rotatable bonds is 4. The van der Waals surface area contributed by atoms with E-state index in [0.717, 1.165) is 5.56 Å². The largest absolute Gasteiger partial charge is 0.471 e. The van der Waals surface area contributed by atoms with Crippen LogP contribution in [-0.2, 0) is 17.8 Å². The van der Waals surface area contributed by atoms with Crippen LogP contribution in [0.25, 0.3) is 0 Å². The minimum absolute atomic E-state index is 0.128. The summed E-state index contributed by atoms with van der Waals surface area (Å²) in [5, 5.41) is 10.8. The molecular weight excluding hydrogens is 247 g/mol. The summed E-state index contributed by atoms with van der Waals surface area (Å²) in [5.41, 5.74) is 1.44. The molecule has 0 saturated carbocycles. The number of carbonyl (C=O) groups is 1. The number of benzene rings is 1. The highest BCUT2D eigenvalue weighted by atomic mass is 19.4. The van der Waals surface area contributed by atoms with Gasteiger partial charge in [0.05, 0.1) is 6.61 Å². The van der Waals surface area contributed by atoms with Crippen molar-refractivity contribution in [3.63, 3.8) is 0 Å². The molecular formula is C12H14F3NO2. The molecule has 1 unspecified atom stereocenters. The third-order valence-corrected chi connectivity index (χ3v) is 2.35. The maximum absolute atomic E-state index is 12.0. The van der Waals surface area contributed by atoms with Gasteiger partial charge in [0.25, 0.3) is 0 Å². The van der Waals surface area contributed by atoms with Crippen LogP contribution in [0.4, 0.5) is 13.2 Å². The third-order valence-electron chi connectivity index (χ3n) is 2.35. The minimum atomic E-state index is -4.86. The Balaban J connectivity index is 2.59. The van der Waals surface area contributed by atoms with Crippen molar-refractivity contribution in [1.82, 2.24) is 5.32 Å². The van der Waals surface area contributed by atoms with Crippen LogP contribution in [0.2, 0.25) is 0 Å². The number of alkyl halides is 3. The fourth-order valence-electron chi connectivity index (χ4n) is 1.57. The van der Waals surface area contributed by atoms with Crippen molar-refractivity contribution in [3.8, 4) is 0 Å². The lowest BCUT2D eigenvalue weighted by Gasteiger charge is -2.15. The molecule has 100 valence electrons. The summed E-state index contributed by atoms with van der Waals surface area (Å²) in [6.07, 6.45) is -4.59. The first-order valence-corrected chi connectivity index (χ1v) is 5.39. The van der Waals surface area contributed by atoms with Crippen LogP contribution >= 0.6 is 0 Å². The molecule has 0 aliphatic rings. The zero-order valence-corrected chi connectivity index (χ0v) is 9.79. The van der Waals surface area contributed by atoms with E-state index in [1.165, 1.54) is 6.92 Å². The third kappa shape index (κ3) is 4.37. The van der Waals surface area contributed by atoms with Gasteiger partial charge in [-0.2, -0.15) is 13.2 Å². The van der Waals surface area contributed by atoms with Crippen LogP contribution in [-0.4, -0.2) is 23.2 Å². The van der Waals surface area contributed by atoms with E-state index in [1.807, 2.05) is 5.32 Å². The Labute approximate surface area is 103 Å². The normalized spacial score (nSPS) is 13.2. The second kappa shape index (κ2) is 5.86. The summed E-state index contributed by atoms with van der Waals surface area (Å²) in [6, 6.07) is 6.21. The highest BCUT2D eigenvalue weighted by Gasteiger charge is 2.39. The molecule has 6 heteroatoms. The fourth-order valence-corrected chi connectivity index (χ4v) is 1.57. The molecule has 1 aromatic carbocycles. The van der Waals surface area contributed by atoms with Gasteiger partial charge in [-0.25, -0.2) is 0 Å². The molecule has 0 bridgehead atoms. The average Bonchev–Trinajstić information content (AvgIpc) is 2.27. The van der Waals surface area contributed by atoms with Crippen LogP contribution < -0.4 is 5.32 Å². The first-order chi connectivity index (χ1) is 8.32. The Morgan fingerprint density at radius 3 is 2.56 bits per heavy atom. The number of halogens is 3. The molecule has 1 atom stereocenters. The van der Waals surface area contributed by atoms with Crippen LogP contribution in [0, 0.1) is 0 Å². The van der Waals surface area contributed by atoms with Gasteiger partial charge >= 0.3 is 12.1 Å². The molecule has 1 amide bonds. The standard InChI is InChI=1S/C12H14F3NO2/c1-8(16-11(18)12(13,14)15)5-9-3-2-4-10(6-9)7-17/h2-4,6,8,17H,5,7H2,1H3,(H,16,18). The predicted octanol–water partition coefficient (Wildman–Crippen LogP) is 1.79. The van der Waals surface area contributed by atoms with E-state index in [1.54, 1.807) is 24.3 Å². The van der Waals surface area contributed by atoms with E-state index in [2.05, 4.69) is 0 Å². The van der Waals surface area contributed by atoms with Crippen molar-refractivity contribution < 1.29 is 23.1 Å². The van der Waals surface area contributed by atoms with E-state index in [9.17, 15) is 18.0 Å². The lowest BCUT2D eigenvalue weighted by Crippen LogP contribution is -2.42. The van der Waals surface area contributed by atoms with E-state index < -0.39 is 18.1 Å². The summed E-state index contributed by atoms with van der Waals surface area (Å²) in [7, 11) is 0. The highest BCUT2D eigenvalue weighted by molar-refractivity contribution is 5.81. The molecule has 3 nitrogen and oxygen atoms in total. The fraction of sp³-hybridized carbons (Fsp3) is 0.417. The summed E-state index contributed by atoms with van der Waals surface area (Å²) >= 11 is 0. The molecule has 0 aliphatic heterocycles. The number of amides is 1. The number of carbonyl (C=O) groups excluding carboxylic acids is 1. The Morgan fingerprint density at radius 2 is 2.00 bits per heavy atom. The van der Waals surface area contributed by atoms with Crippen molar-refractivity contribution in [3.05, 3.63) is 35.4 Å². The molecule has 1 rings (SSSR count). The van der Waals surface area contributed by atoms with Gasteiger partial charge in [0.2, 0.25) is 0 Å². The summed E-state index contributed by atoms with van der Waals surface area (Å²) in [5.74, 6) is -1.94. The molecule has 0 saturated heterocycles.